The molecule has 276 valence electrons. The van der Waals surface area contributed by atoms with Crippen molar-refractivity contribution < 1.29 is 29.1 Å². The SMILES string of the molecule is COC(=C\C=C1/N(CCC(=O)O)c2c(c3ccccc3c3ccccc23)C1(C)C)/C=C/C1=[N+](CCC(=O)O)c2c(c3ccccc3c3ccccc23)C1(C)C. The number of hydrogen-bond acceptors (Lipinski definition) is 4. The van der Waals surface area contributed by atoms with Gasteiger partial charge in [-0.2, -0.15) is 4.58 Å². The van der Waals surface area contributed by atoms with Gasteiger partial charge in [0.05, 0.1) is 30.0 Å². The van der Waals surface area contributed by atoms with Crippen molar-refractivity contribution in [2.75, 3.05) is 25.1 Å². The molecule has 0 fully saturated rings. The summed E-state index contributed by atoms with van der Waals surface area (Å²) in [7, 11) is 1.65. The number of hydrogen-bond donors (Lipinski definition) is 2. The predicted molar refractivity (Wildman–Crippen MR) is 223 cm³/mol. The largest absolute Gasteiger partial charge is 0.497 e. The van der Waals surface area contributed by atoms with Gasteiger partial charge in [-0.1, -0.05) is 105 Å². The normalized spacial score (nSPS) is 16.9. The van der Waals surface area contributed by atoms with Crippen LogP contribution >= 0.6 is 0 Å². The minimum Gasteiger partial charge on any atom is -0.497 e. The number of carbonyl (C=O) groups is 2. The van der Waals surface area contributed by atoms with Crippen molar-refractivity contribution >= 4 is 72.1 Å². The van der Waals surface area contributed by atoms with Crippen molar-refractivity contribution in [3.05, 3.63) is 144 Å². The van der Waals surface area contributed by atoms with Crippen LogP contribution in [0.1, 0.15) is 51.7 Å². The van der Waals surface area contributed by atoms with E-state index in [9.17, 15) is 19.8 Å². The number of methoxy groups -OCH3 is 1. The number of ether oxygens (including phenoxy) is 1. The number of allylic oxidation sites excluding steroid dienone is 5. The fraction of sp³-hybridized carbons (Fsp3) is 0.229. The number of carboxylic acids is 2. The lowest BCUT2D eigenvalue weighted by Crippen LogP contribution is -2.28. The molecule has 2 aliphatic rings. The first-order valence-corrected chi connectivity index (χ1v) is 18.8. The Hall–Kier alpha value is -6.21. The van der Waals surface area contributed by atoms with Gasteiger partial charge in [-0.3, -0.25) is 9.59 Å². The molecule has 0 radical (unpaired) electrons. The van der Waals surface area contributed by atoms with Gasteiger partial charge < -0.3 is 19.8 Å². The van der Waals surface area contributed by atoms with E-state index in [1.165, 1.54) is 21.9 Å². The van der Waals surface area contributed by atoms with E-state index in [-0.39, 0.29) is 12.8 Å². The molecule has 2 aliphatic heterocycles. The Labute approximate surface area is 320 Å². The summed E-state index contributed by atoms with van der Waals surface area (Å²) in [5.41, 5.74) is 5.48. The third kappa shape index (κ3) is 5.77. The van der Waals surface area contributed by atoms with Crippen LogP contribution in [0.5, 0.6) is 0 Å². The Balaban J connectivity index is 1.28. The van der Waals surface area contributed by atoms with Gasteiger partial charge in [0.15, 0.2) is 12.3 Å². The minimum atomic E-state index is -0.850. The summed E-state index contributed by atoms with van der Waals surface area (Å²) in [6.07, 6.45) is 8.02. The van der Waals surface area contributed by atoms with E-state index in [0.29, 0.717) is 18.8 Å². The molecule has 2 N–H and O–H groups in total. The van der Waals surface area contributed by atoms with E-state index in [0.717, 1.165) is 55.1 Å². The van der Waals surface area contributed by atoms with Crippen LogP contribution in [0.2, 0.25) is 0 Å². The highest BCUT2D eigenvalue weighted by molar-refractivity contribution is 6.19. The molecule has 0 atom stereocenters. The molecule has 0 spiro atoms. The summed E-state index contributed by atoms with van der Waals surface area (Å²) in [5, 5.41) is 28.8. The molecular weight excluding hydrogens is 685 g/mol. The summed E-state index contributed by atoms with van der Waals surface area (Å²) >= 11 is 0. The maximum absolute atomic E-state index is 12.0. The van der Waals surface area contributed by atoms with Crippen molar-refractivity contribution in [1.29, 1.82) is 0 Å². The number of aliphatic carboxylic acids is 2. The lowest BCUT2D eigenvalue weighted by atomic mass is 9.78. The Bertz CT molecular complexity index is 2710. The van der Waals surface area contributed by atoms with Crippen molar-refractivity contribution in [2.45, 2.75) is 51.4 Å². The Kier molecular flexibility index (Phi) is 8.84. The smallest absolute Gasteiger partial charge is 0.309 e. The number of nitrogens with zero attached hydrogens (tertiary/aromatic N) is 2. The Morgan fingerprint density at radius 3 is 1.73 bits per heavy atom. The lowest BCUT2D eigenvalue weighted by molar-refractivity contribution is -0.435. The van der Waals surface area contributed by atoms with Crippen LogP contribution in [0.4, 0.5) is 11.4 Å². The first-order valence-electron chi connectivity index (χ1n) is 18.8. The molecule has 55 heavy (non-hydrogen) atoms. The zero-order chi connectivity index (χ0) is 38.6. The molecule has 7 nitrogen and oxygen atoms in total. The maximum atomic E-state index is 12.0. The second-order valence-corrected chi connectivity index (χ2v) is 15.5. The highest BCUT2D eigenvalue weighted by Crippen LogP contribution is 2.54. The van der Waals surface area contributed by atoms with E-state index in [1.54, 1.807) is 7.11 Å². The molecule has 0 bridgehead atoms. The third-order valence-corrected chi connectivity index (χ3v) is 11.6. The third-order valence-electron chi connectivity index (χ3n) is 11.6. The van der Waals surface area contributed by atoms with E-state index >= 15 is 0 Å². The molecule has 0 amide bonds. The molecule has 0 unspecified atom stereocenters. The molecule has 2 heterocycles. The predicted octanol–water partition coefficient (Wildman–Crippen LogP) is 10.4. The van der Waals surface area contributed by atoms with E-state index < -0.39 is 22.8 Å². The zero-order valence-corrected chi connectivity index (χ0v) is 31.9. The minimum absolute atomic E-state index is 0.0156. The summed E-state index contributed by atoms with van der Waals surface area (Å²) < 4.78 is 8.18. The van der Waals surface area contributed by atoms with Gasteiger partial charge in [0, 0.05) is 34.7 Å². The van der Waals surface area contributed by atoms with Gasteiger partial charge in [0.1, 0.15) is 12.2 Å². The monoisotopic (exact) mass is 729 g/mol. The van der Waals surface area contributed by atoms with Crippen molar-refractivity contribution in [1.82, 2.24) is 0 Å². The van der Waals surface area contributed by atoms with Crippen molar-refractivity contribution in [3.63, 3.8) is 0 Å². The van der Waals surface area contributed by atoms with Gasteiger partial charge in [-0.05, 0) is 76.0 Å². The first kappa shape index (κ1) is 35.8. The van der Waals surface area contributed by atoms with E-state index in [4.69, 9.17) is 4.74 Å². The summed E-state index contributed by atoms with van der Waals surface area (Å²) in [6.45, 7) is 9.46. The van der Waals surface area contributed by atoms with Crippen LogP contribution in [-0.2, 0) is 25.2 Å². The fourth-order valence-electron chi connectivity index (χ4n) is 9.23. The van der Waals surface area contributed by atoms with Crippen LogP contribution in [0.25, 0.3) is 43.1 Å². The molecule has 0 aliphatic carbocycles. The van der Waals surface area contributed by atoms with Gasteiger partial charge in [0.25, 0.3) is 0 Å². The number of benzene rings is 6. The number of anilines is 1. The molecule has 0 aromatic heterocycles. The second kappa shape index (κ2) is 13.6. The Morgan fingerprint density at radius 1 is 0.673 bits per heavy atom. The Morgan fingerprint density at radius 2 is 1.16 bits per heavy atom. The van der Waals surface area contributed by atoms with Crippen molar-refractivity contribution in [2.24, 2.45) is 0 Å². The number of fused-ring (bicyclic) bond motifs is 12. The summed E-state index contributed by atoms with van der Waals surface area (Å²) in [6, 6.07) is 33.7. The maximum Gasteiger partial charge on any atom is 0.309 e. The van der Waals surface area contributed by atoms with Crippen LogP contribution in [0.3, 0.4) is 0 Å². The molecule has 0 saturated heterocycles. The highest BCUT2D eigenvalue weighted by atomic mass is 16.5. The van der Waals surface area contributed by atoms with Gasteiger partial charge >= 0.3 is 11.9 Å². The number of rotatable bonds is 10. The summed E-state index contributed by atoms with van der Waals surface area (Å²) in [5.74, 6) is -1.09. The first-order chi connectivity index (χ1) is 26.4. The van der Waals surface area contributed by atoms with Crippen LogP contribution in [-0.4, -0.2) is 52.6 Å². The molecule has 7 heteroatoms. The molecule has 0 saturated carbocycles. The van der Waals surface area contributed by atoms with Gasteiger partial charge in [-0.25, -0.2) is 0 Å². The molecule has 8 rings (SSSR count). The highest BCUT2D eigenvalue weighted by Gasteiger charge is 2.47. The average molecular weight is 730 g/mol. The standard InChI is InChI=1S/C48H44N2O5/c1-47(2)39(49(28-26-41(51)52)45-37-20-12-8-16-33(37)31-14-6-10-18-35(31)43(45)47)24-22-30(55-5)23-25-40-48(3,4)44-36-19-11-7-15-32(36)34-17-9-13-21-38(34)46(44)50(40)29-27-42(53)54/h6-25H,26-29H2,1-5H3,(H-,51,52,53,54)/p+1. The van der Waals surface area contributed by atoms with Crippen molar-refractivity contribution in [3.8, 4) is 0 Å². The van der Waals surface area contributed by atoms with Crippen LogP contribution in [0.15, 0.2) is 133 Å². The van der Waals surface area contributed by atoms with Crippen LogP contribution in [0, 0.1) is 0 Å². The lowest BCUT2D eigenvalue weighted by Gasteiger charge is -2.27. The average Bonchev–Trinajstić information content (AvgIpc) is 3.55. The van der Waals surface area contributed by atoms with Gasteiger partial charge in [-0.15, -0.1) is 0 Å². The van der Waals surface area contributed by atoms with E-state index in [1.807, 2.05) is 24.3 Å². The molecule has 6 aromatic carbocycles. The summed E-state index contributed by atoms with van der Waals surface area (Å²) in [4.78, 5) is 26.2. The van der Waals surface area contributed by atoms with E-state index in [2.05, 4.69) is 134 Å². The quantitative estimate of drug-likeness (QED) is 0.0632. The topological polar surface area (TPSA) is 90.1 Å². The molecule has 6 aromatic rings. The van der Waals surface area contributed by atoms with Gasteiger partial charge in [0.2, 0.25) is 5.69 Å². The van der Waals surface area contributed by atoms with Crippen LogP contribution < -0.4 is 4.90 Å². The second-order valence-electron chi connectivity index (χ2n) is 15.5. The molecular formula is C48H45N2O5+. The zero-order valence-electron chi connectivity index (χ0n) is 31.9. The fourth-order valence-corrected chi connectivity index (χ4v) is 9.23. The number of carboxylic acid groups (broad SMARTS) is 2.